The van der Waals surface area contributed by atoms with Gasteiger partial charge in [0, 0.05) is 6.54 Å². The van der Waals surface area contributed by atoms with E-state index < -0.39 is 6.10 Å². The van der Waals surface area contributed by atoms with E-state index in [0.29, 0.717) is 17.9 Å². The molecule has 2 aromatic carbocycles. The van der Waals surface area contributed by atoms with Crippen LogP contribution in [0, 0.1) is 11.3 Å². The van der Waals surface area contributed by atoms with Gasteiger partial charge < -0.3 is 14.8 Å². The Morgan fingerprint density at radius 2 is 1.56 bits per heavy atom. The fraction of sp³-hybridized carbons (Fsp3) is 0.300. The lowest BCUT2D eigenvalue weighted by atomic mass is 10.2. The lowest BCUT2D eigenvalue weighted by Crippen LogP contribution is -2.35. The van der Waals surface area contributed by atoms with Gasteiger partial charge in [0.05, 0.1) is 17.7 Å². The van der Waals surface area contributed by atoms with Crippen LogP contribution in [0.3, 0.4) is 0 Å². The third-order valence-electron chi connectivity index (χ3n) is 3.43. The summed E-state index contributed by atoms with van der Waals surface area (Å²) in [5.74, 6) is 1.16. The van der Waals surface area contributed by atoms with E-state index in [1.54, 1.807) is 31.2 Å². The zero-order chi connectivity index (χ0) is 18.2. The fourth-order valence-electron chi connectivity index (χ4n) is 2.16. The summed E-state index contributed by atoms with van der Waals surface area (Å²) in [6, 6.07) is 16.3. The van der Waals surface area contributed by atoms with Crippen LogP contribution in [0.15, 0.2) is 48.5 Å². The average Bonchev–Trinajstić information content (AvgIpc) is 2.61. The van der Waals surface area contributed by atoms with Crippen molar-refractivity contribution < 1.29 is 14.3 Å². The van der Waals surface area contributed by atoms with Gasteiger partial charge in [0.2, 0.25) is 0 Å². The molecule has 130 valence electrons. The lowest BCUT2D eigenvalue weighted by Gasteiger charge is -2.15. The second-order valence-corrected chi connectivity index (χ2v) is 5.92. The van der Waals surface area contributed by atoms with Crippen LogP contribution < -0.4 is 14.8 Å². The van der Waals surface area contributed by atoms with E-state index in [-0.39, 0.29) is 12.0 Å². The van der Waals surface area contributed by atoms with Crippen molar-refractivity contribution in [1.82, 2.24) is 5.32 Å². The first kappa shape index (κ1) is 18.3. The number of benzene rings is 2. The molecule has 0 bridgehead atoms. The van der Waals surface area contributed by atoms with Crippen LogP contribution >= 0.6 is 0 Å². The third-order valence-corrected chi connectivity index (χ3v) is 3.43. The second kappa shape index (κ2) is 8.74. The molecule has 1 amide bonds. The van der Waals surface area contributed by atoms with Crippen molar-refractivity contribution in [3.05, 3.63) is 59.7 Å². The first-order valence-electron chi connectivity index (χ1n) is 8.18. The molecule has 0 saturated heterocycles. The molecule has 1 atom stereocenters. The number of rotatable bonds is 7. The summed E-state index contributed by atoms with van der Waals surface area (Å²) in [5.41, 5.74) is 1.53. The van der Waals surface area contributed by atoms with Gasteiger partial charge in [0.25, 0.3) is 5.91 Å². The van der Waals surface area contributed by atoms with Crippen LogP contribution in [0.1, 0.15) is 31.9 Å². The van der Waals surface area contributed by atoms with Crippen molar-refractivity contribution in [2.45, 2.75) is 39.5 Å². The topological polar surface area (TPSA) is 71.3 Å². The van der Waals surface area contributed by atoms with Gasteiger partial charge in [-0.1, -0.05) is 12.1 Å². The third kappa shape index (κ3) is 5.85. The summed E-state index contributed by atoms with van der Waals surface area (Å²) in [6.45, 7) is 6.06. The summed E-state index contributed by atoms with van der Waals surface area (Å²) < 4.78 is 11.2. The number of ether oxygens (including phenoxy) is 2. The predicted molar refractivity (Wildman–Crippen MR) is 95.3 cm³/mol. The van der Waals surface area contributed by atoms with Crippen LogP contribution in [0.25, 0.3) is 0 Å². The van der Waals surface area contributed by atoms with Crippen LogP contribution in [-0.2, 0) is 11.3 Å². The zero-order valence-corrected chi connectivity index (χ0v) is 14.7. The number of hydrogen-bond acceptors (Lipinski definition) is 4. The molecule has 5 heteroatoms. The largest absolute Gasteiger partial charge is 0.491 e. The minimum Gasteiger partial charge on any atom is -0.491 e. The Morgan fingerprint density at radius 1 is 1.00 bits per heavy atom. The van der Waals surface area contributed by atoms with E-state index in [4.69, 9.17) is 14.7 Å². The van der Waals surface area contributed by atoms with Gasteiger partial charge in [-0.25, -0.2) is 0 Å². The Hall–Kier alpha value is -3.00. The predicted octanol–water partition coefficient (Wildman–Crippen LogP) is 3.43. The number of amides is 1. The highest BCUT2D eigenvalue weighted by molar-refractivity contribution is 5.80. The Morgan fingerprint density at radius 3 is 2.12 bits per heavy atom. The summed E-state index contributed by atoms with van der Waals surface area (Å²) in [7, 11) is 0. The minimum absolute atomic E-state index is 0.130. The van der Waals surface area contributed by atoms with E-state index in [1.807, 2.05) is 44.2 Å². The summed E-state index contributed by atoms with van der Waals surface area (Å²) >= 11 is 0. The van der Waals surface area contributed by atoms with Gasteiger partial charge in [-0.05, 0) is 62.7 Å². The van der Waals surface area contributed by atoms with Crippen molar-refractivity contribution in [3.8, 4) is 17.6 Å². The second-order valence-electron chi connectivity index (χ2n) is 5.92. The molecule has 0 aliphatic carbocycles. The van der Waals surface area contributed by atoms with Crippen LogP contribution in [-0.4, -0.2) is 18.1 Å². The molecule has 0 aliphatic rings. The first-order chi connectivity index (χ1) is 12.0. The number of carbonyl (C=O) groups is 1. The van der Waals surface area contributed by atoms with Crippen molar-refractivity contribution in [3.63, 3.8) is 0 Å². The molecule has 0 spiro atoms. The molecule has 0 fully saturated rings. The van der Waals surface area contributed by atoms with E-state index in [0.717, 1.165) is 11.3 Å². The van der Waals surface area contributed by atoms with Crippen molar-refractivity contribution >= 4 is 5.91 Å². The first-order valence-corrected chi connectivity index (χ1v) is 8.18. The monoisotopic (exact) mass is 338 g/mol. The standard InChI is InChI=1S/C20H22N2O3/c1-14(2)24-18-10-6-17(7-11-18)13-22-20(23)15(3)25-19-8-4-16(12-21)5-9-19/h4-11,14-15H,13H2,1-3H3,(H,22,23). The average molecular weight is 338 g/mol. The summed E-state index contributed by atoms with van der Waals surface area (Å²) in [4.78, 5) is 12.1. The molecule has 0 aliphatic heterocycles. The van der Waals surface area contributed by atoms with Gasteiger partial charge in [-0.3, -0.25) is 4.79 Å². The Bertz CT molecular complexity index is 731. The molecule has 0 radical (unpaired) electrons. The van der Waals surface area contributed by atoms with E-state index in [2.05, 4.69) is 5.32 Å². The van der Waals surface area contributed by atoms with Crippen molar-refractivity contribution in [2.75, 3.05) is 0 Å². The molecular formula is C20H22N2O3. The number of nitrogens with zero attached hydrogens (tertiary/aromatic N) is 1. The smallest absolute Gasteiger partial charge is 0.261 e. The van der Waals surface area contributed by atoms with Crippen molar-refractivity contribution in [1.29, 1.82) is 5.26 Å². The molecular weight excluding hydrogens is 316 g/mol. The normalized spacial score (nSPS) is 11.5. The molecule has 2 rings (SSSR count). The van der Waals surface area contributed by atoms with E-state index >= 15 is 0 Å². The SMILES string of the molecule is CC(C)Oc1ccc(CNC(=O)C(C)Oc2ccc(C#N)cc2)cc1. The molecule has 2 aromatic rings. The maximum absolute atomic E-state index is 12.1. The maximum atomic E-state index is 12.1. The highest BCUT2D eigenvalue weighted by Crippen LogP contribution is 2.15. The number of carbonyl (C=O) groups excluding carboxylic acids is 1. The van der Waals surface area contributed by atoms with Gasteiger partial charge in [0.15, 0.2) is 6.10 Å². The molecule has 1 unspecified atom stereocenters. The summed E-state index contributed by atoms with van der Waals surface area (Å²) in [6.07, 6.45) is -0.498. The molecule has 5 nitrogen and oxygen atoms in total. The fourth-order valence-corrected chi connectivity index (χ4v) is 2.16. The molecule has 25 heavy (non-hydrogen) atoms. The molecule has 0 aromatic heterocycles. The Kier molecular flexibility index (Phi) is 6.41. The maximum Gasteiger partial charge on any atom is 0.261 e. The number of nitriles is 1. The molecule has 0 heterocycles. The lowest BCUT2D eigenvalue weighted by molar-refractivity contribution is -0.127. The van der Waals surface area contributed by atoms with E-state index in [9.17, 15) is 4.79 Å². The van der Waals surface area contributed by atoms with Gasteiger partial charge >= 0.3 is 0 Å². The zero-order valence-electron chi connectivity index (χ0n) is 14.7. The minimum atomic E-state index is -0.628. The number of hydrogen-bond donors (Lipinski definition) is 1. The van der Waals surface area contributed by atoms with Crippen LogP contribution in [0.2, 0.25) is 0 Å². The van der Waals surface area contributed by atoms with E-state index in [1.165, 1.54) is 0 Å². The van der Waals surface area contributed by atoms with Crippen LogP contribution in [0.5, 0.6) is 11.5 Å². The molecule has 0 saturated carbocycles. The van der Waals surface area contributed by atoms with Gasteiger partial charge in [-0.15, -0.1) is 0 Å². The highest BCUT2D eigenvalue weighted by Gasteiger charge is 2.14. The quantitative estimate of drug-likeness (QED) is 0.839. The van der Waals surface area contributed by atoms with Crippen LogP contribution in [0.4, 0.5) is 0 Å². The number of nitrogens with one attached hydrogen (secondary N) is 1. The Balaban J connectivity index is 1.83. The van der Waals surface area contributed by atoms with Gasteiger partial charge in [-0.2, -0.15) is 5.26 Å². The summed E-state index contributed by atoms with van der Waals surface area (Å²) in [5, 5.41) is 11.6. The molecule has 1 N–H and O–H groups in total. The van der Waals surface area contributed by atoms with Crippen molar-refractivity contribution in [2.24, 2.45) is 0 Å². The Labute approximate surface area is 148 Å². The van der Waals surface area contributed by atoms with Gasteiger partial charge in [0.1, 0.15) is 11.5 Å². The highest BCUT2D eigenvalue weighted by atomic mass is 16.5.